The lowest BCUT2D eigenvalue weighted by atomic mass is 9.85. The van der Waals surface area contributed by atoms with Gasteiger partial charge in [0, 0.05) is 0 Å². The third-order valence-electron chi connectivity index (χ3n) is 12.9. The van der Waals surface area contributed by atoms with Crippen LogP contribution in [0.4, 0.5) is 0 Å². The Bertz CT molecular complexity index is 1350. The number of phosphoric ester groups is 1. The number of hydrogen-bond donors (Lipinski definition) is 9. The second-order valence-corrected chi connectivity index (χ2v) is 20.6. The molecule has 9 N–H and O–H groups in total. The molecule has 0 aromatic rings. The molecule has 1 aliphatic carbocycles. The molecule has 0 aromatic heterocycles. The lowest BCUT2D eigenvalue weighted by Gasteiger charge is -2.41. The summed E-state index contributed by atoms with van der Waals surface area (Å²) in [6.07, 6.45) is 39.1. The van der Waals surface area contributed by atoms with Gasteiger partial charge in [0.05, 0.1) is 31.3 Å². The maximum Gasteiger partial charge on any atom is 0.472 e. The molecule has 0 saturated heterocycles. The number of phosphoric acid groups is 1. The summed E-state index contributed by atoms with van der Waals surface area (Å²) in [5.74, 6) is -0.611. The molecule has 14 heteroatoms. The second-order valence-electron chi connectivity index (χ2n) is 19.2. The van der Waals surface area contributed by atoms with E-state index in [9.17, 15) is 50.0 Å². The molecule has 8 atom stereocenters. The number of allylic oxidation sites excluding steroid dienone is 7. The normalized spacial score (nSPS) is 22.4. The Kier molecular flexibility index (Phi) is 40.5. The lowest BCUT2D eigenvalue weighted by Crippen LogP contribution is -2.64. The molecule has 68 heavy (non-hydrogen) atoms. The first-order chi connectivity index (χ1) is 32.8. The van der Waals surface area contributed by atoms with Crippen LogP contribution in [0.1, 0.15) is 226 Å². The Morgan fingerprint density at radius 3 is 1.29 bits per heavy atom. The first kappa shape index (κ1) is 64.3. The van der Waals surface area contributed by atoms with Crippen LogP contribution in [0, 0.1) is 0 Å². The summed E-state index contributed by atoms with van der Waals surface area (Å²) in [6.45, 7) is 3.75. The smallest absolute Gasteiger partial charge is 0.393 e. The Labute approximate surface area is 412 Å². The van der Waals surface area contributed by atoms with E-state index in [2.05, 4.69) is 55.6 Å². The number of aliphatic hydroxyl groups is 7. The summed E-state index contributed by atoms with van der Waals surface area (Å²) < 4.78 is 22.9. The van der Waals surface area contributed by atoms with Gasteiger partial charge < -0.3 is 46.0 Å². The minimum atomic E-state index is -5.16. The van der Waals surface area contributed by atoms with Crippen LogP contribution in [0.5, 0.6) is 0 Å². The lowest BCUT2D eigenvalue weighted by molar-refractivity contribution is -0.220. The third-order valence-corrected chi connectivity index (χ3v) is 13.8. The van der Waals surface area contributed by atoms with Gasteiger partial charge in [0.2, 0.25) is 5.91 Å². The van der Waals surface area contributed by atoms with Crippen LogP contribution in [-0.2, 0) is 18.4 Å². The number of amides is 1. The highest BCUT2D eigenvalue weighted by molar-refractivity contribution is 7.47. The van der Waals surface area contributed by atoms with Gasteiger partial charge in [-0.3, -0.25) is 13.8 Å². The average Bonchev–Trinajstić information content (AvgIpc) is 3.31. The zero-order chi connectivity index (χ0) is 50.1. The number of rotatable bonds is 45. The highest BCUT2D eigenvalue weighted by Crippen LogP contribution is 2.47. The SMILES string of the molecule is CCCCCCCCCC/C=C\CCCCCCCC(O)CC(=O)NC(COP(=O)(O)OC1C(O)C(O)C(O)C(O)C1O)C(O)/C=C/CC/C=C/CC/C=C/CCCCCCCCCCCCC. The van der Waals surface area contributed by atoms with Crippen molar-refractivity contribution in [1.29, 1.82) is 0 Å². The van der Waals surface area contributed by atoms with Gasteiger partial charge in [-0.15, -0.1) is 0 Å². The van der Waals surface area contributed by atoms with E-state index >= 15 is 0 Å². The minimum absolute atomic E-state index is 0.262. The largest absolute Gasteiger partial charge is 0.472 e. The number of carbonyl (C=O) groups excluding carboxylic acids is 1. The van der Waals surface area contributed by atoms with Gasteiger partial charge in [-0.25, -0.2) is 4.57 Å². The fourth-order valence-electron chi connectivity index (χ4n) is 8.44. The zero-order valence-corrected chi connectivity index (χ0v) is 43.4. The molecule has 0 bridgehead atoms. The van der Waals surface area contributed by atoms with Crippen LogP contribution in [0.2, 0.25) is 0 Å². The summed E-state index contributed by atoms with van der Waals surface area (Å²) >= 11 is 0. The molecule has 0 radical (unpaired) electrons. The number of nitrogens with one attached hydrogen (secondary N) is 1. The van der Waals surface area contributed by atoms with E-state index in [1.54, 1.807) is 6.08 Å². The van der Waals surface area contributed by atoms with Gasteiger partial charge in [-0.2, -0.15) is 0 Å². The maximum absolute atomic E-state index is 13.1. The fraction of sp³-hybridized carbons (Fsp3) is 0.833. The second kappa shape index (κ2) is 42.9. The van der Waals surface area contributed by atoms with Gasteiger partial charge in [0.1, 0.15) is 36.6 Å². The molecule has 13 nitrogen and oxygen atoms in total. The van der Waals surface area contributed by atoms with Gasteiger partial charge >= 0.3 is 7.82 Å². The fourth-order valence-corrected chi connectivity index (χ4v) is 9.41. The topological polar surface area (TPSA) is 226 Å². The van der Waals surface area contributed by atoms with Crippen LogP contribution in [-0.4, -0.2) is 108 Å². The van der Waals surface area contributed by atoms with E-state index in [4.69, 9.17) is 9.05 Å². The minimum Gasteiger partial charge on any atom is -0.393 e. The van der Waals surface area contributed by atoms with Crippen LogP contribution < -0.4 is 5.32 Å². The molecule has 1 fully saturated rings. The molecule has 0 aliphatic heterocycles. The van der Waals surface area contributed by atoms with Crippen molar-refractivity contribution in [1.82, 2.24) is 5.32 Å². The summed E-state index contributed by atoms with van der Waals surface area (Å²) in [7, 11) is -5.16. The molecular weight excluding hydrogens is 886 g/mol. The molecule has 0 heterocycles. The van der Waals surface area contributed by atoms with Crippen molar-refractivity contribution in [3.05, 3.63) is 48.6 Å². The maximum atomic E-state index is 13.1. The standard InChI is InChI=1S/C54H100NO12P/c1-3-5-7-9-11-13-15-17-19-21-22-23-24-26-28-30-32-34-36-38-40-42-47(57)46(44-66-68(64,65)67-54-52(62)50(60)49(59)51(61)53(54)63)55-48(58)43-45(56)41-39-37-35-33-31-29-27-25-20-18-16-14-12-10-8-6-4-2/h24-27,32,34,40,42,45-47,49-54,56-57,59-63H,3-23,28-31,33,35-39,41,43-44H2,1-2H3,(H,55,58)(H,64,65)/b26-24+,27-25-,34-32+,42-40+. The molecule has 1 amide bonds. The quantitative estimate of drug-likeness (QED) is 0.0158. The average molecular weight is 986 g/mol. The van der Waals surface area contributed by atoms with Crippen molar-refractivity contribution in [3.8, 4) is 0 Å². The van der Waals surface area contributed by atoms with Crippen LogP contribution in [0.15, 0.2) is 48.6 Å². The first-order valence-corrected chi connectivity index (χ1v) is 28.7. The van der Waals surface area contributed by atoms with Crippen LogP contribution >= 0.6 is 7.82 Å². The molecular formula is C54H100NO12P. The Morgan fingerprint density at radius 2 is 0.868 bits per heavy atom. The van der Waals surface area contributed by atoms with Crippen molar-refractivity contribution in [3.63, 3.8) is 0 Å². The molecule has 1 aliphatic rings. The summed E-state index contributed by atoms with van der Waals surface area (Å²) in [5, 5.41) is 74.7. The van der Waals surface area contributed by atoms with Crippen molar-refractivity contribution in [2.24, 2.45) is 0 Å². The molecule has 1 saturated carbocycles. The zero-order valence-electron chi connectivity index (χ0n) is 42.5. The van der Waals surface area contributed by atoms with E-state index in [0.717, 1.165) is 64.2 Å². The Morgan fingerprint density at radius 1 is 0.515 bits per heavy atom. The predicted octanol–water partition coefficient (Wildman–Crippen LogP) is 10.7. The highest BCUT2D eigenvalue weighted by Gasteiger charge is 2.51. The first-order valence-electron chi connectivity index (χ1n) is 27.2. The number of hydrogen-bond acceptors (Lipinski definition) is 11. The van der Waals surface area contributed by atoms with E-state index in [1.165, 1.54) is 128 Å². The van der Waals surface area contributed by atoms with Crippen LogP contribution in [0.3, 0.4) is 0 Å². The van der Waals surface area contributed by atoms with Crippen molar-refractivity contribution >= 4 is 13.7 Å². The summed E-state index contributed by atoms with van der Waals surface area (Å²) in [6, 6.07) is -1.27. The monoisotopic (exact) mass is 986 g/mol. The van der Waals surface area contributed by atoms with Gasteiger partial charge in [-0.05, 0) is 70.6 Å². The van der Waals surface area contributed by atoms with E-state index in [-0.39, 0.29) is 6.42 Å². The molecule has 1 rings (SSSR count). The van der Waals surface area contributed by atoms with Gasteiger partial charge in [0.25, 0.3) is 0 Å². The Balaban J connectivity index is 2.51. The van der Waals surface area contributed by atoms with Gasteiger partial charge in [-0.1, -0.05) is 197 Å². The van der Waals surface area contributed by atoms with Crippen molar-refractivity contribution < 1.29 is 59.0 Å². The number of unbranched alkanes of at least 4 members (excludes halogenated alkanes) is 26. The number of carbonyl (C=O) groups is 1. The van der Waals surface area contributed by atoms with E-state index in [0.29, 0.717) is 19.3 Å². The van der Waals surface area contributed by atoms with Crippen molar-refractivity contribution in [2.45, 2.75) is 281 Å². The number of aliphatic hydroxyl groups excluding tert-OH is 7. The molecule has 0 aromatic carbocycles. The highest BCUT2D eigenvalue weighted by atomic mass is 31.2. The summed E-state index contributed by atoms with van der Waals surface area (Å²) in [4.78, 5) is 23.5. The van der Waals surface area contributed by atoms with Crippen molar-refractivity contribution in [2.75, 3.05) is 6.61 Å². The summed E-state index contributed by atoms with van der Waals surface area (Å²) in [5.41, 5.74) is 0. The molecule has 398 valence electrons. The van der Waals surface area contributed by atoms with E-state index in [1.807, 2.05) is 0 Å². The van der Waals surface area contributed by atoms with Crippen LogP contribution in [0.25, 0.3) is 0 Å². The van der Waals surface area contributed by atoms with E-state index < -0.39 is 75.2 Å². The third kappa shape index (κ3) is 33.8. The predicted molar refractivity (Wildman–Crippen MR) is 275 cm³/mol. The molecule has 8 unspecified atom stereocenters. The molecule has 0 spiro atoms. The van der Waals surface area contributed by atoms with Gasteiger partial charge in [0.15, 0.2) is 0 Å². The Hall–Kier alpha value is -1.74.